The lowest BCUT2D eigenvalue weighted by Gasteiger charge is -2.17. The van der Waals surface area contributed by atoms with Gasteiger partial charge in [0, 0.05) is 5.56 Å². The maximum absolute atomic E-state index is 12.2. The predicted molar refractivity (Wildman–Crippen MR) is 80.0 cm³/mol. The van der Waals surface area contributed by atoms with Crippen LogP contribution < -0.4 is 0 Å². The molecule has 3 heteroatoms. The zero-order valence-electron chi connectivity index (χ0n) is 11.4. The number of hydrogen-bond acceptors (Lipinski definition) is 2. The fourth-order valence-corrected chi connectivity index (χ4v) is 1.81. The Labute approximate surface area is 119 Å². The van der Waals surface area contributed by atoms with E-state index in [4.69, 9.17) is 4.84 Å². The van der Waals surface area contributed by atoms with Crippen molar-refractivity contribution in [3.05, 3.63) is 77.9 Å². The number of carbonyl (C=O) groups is 1. The molecular weight excluding hydrogens is 250 g/mol. The normalized spacial score (nSPS) is 10.7. The number of benzene rings is 2. The van der Waals surface area contributed by atoms with Gasteiger partial charge in [0.25, 0.3) is 5.91 Å². The summed E-state index contributed by atoms with van der Waals surface area (Å²) in [6.07, 6.45) is 3.87. The van der Waals surface area contributed by atoms with E-state index in [-0.39, 0.29) is 5.91 Å². The number of nitrogens with zero attached hydrogens (tertiary/aromatic N) is 1. The van der Waals surface area contributed by atoms with Crippen LogP contribution in [-0.4, -0.2) is 24.6 Å². The van der Waals surface area contributed by atoms with Crippen molar-refractivity contribution in [1.29, 1.82) is 0 Å². The molecule has 0 atom stereocenters. The minimum Gasteiger partial charge on any atom is -0.274 e. The minimum absolute atomic E-state index is 0.147. The van der Waals surface area contributed by atoms with Crippen molar-refractivity contribution in [2.45, 2.75) is 0 Å². The number of hydroxylamine groups is 2. The van der Waals surface area contributed by atoms with E-state index < -0.39 is 0 Å². The second-order valence-electron chi connectivity index (χ2n) is 4.23. The number of amides is 1. The van der Waals surface area contributed by atoms with Crippen LogP contribution in [0.2, 0.25) is 0 Å². The first kappa shape index (κ1) is 14.0. The Morgan fingerprint density at radius 1 is 1.05 bits per heavy atom. The highest BCUT2D eigenvalue weighted by atomic mass is 16.7. The van der Waals surface area contributed by atoms with Gasteiger partial charge in [0.05, 0.1) is 13.7 Å². The lowest BCUT2D eigenvalue weighted by molar-refractivity contribution is -0.0869. The monoisotopic (exact) mass is 267 g/mol. The Bertz CT molecular complexity index is 564. The Morgan fingerprint density at radius 3 is 2.25 bits per heavy atom. The number of hydrogen-bond donors (Lipinski definition) is 0. The fourth-order valence-electron chi connectivity index (χ4n) is 1.81. The molecule has 0 fully saturated rings. The third-order valence-electron chi connectivity index (χ3n) is 2.85. The van der Waals surface area contributed by atoms with Crippen molar-refractivity contribution in [1.82, 2.24) is 5.06 Å². The van der Waals surface area contributed by atoms with E-state index in [0.29, 0.717) is 12.1 Å². The lowest BCUT2D eigenvalue weighted by atomic mass is 10.2. The van der Waals surface area contributed by atoms with Crippen LogP contribution in [0.4, 0.5) is 0 Å². The van der Waals surface area contributed by atoms with Crippen molar-refractivity contribution in [2.75, 3.05) is 13.7 Å². The maximum Gasteiger partial charge on any atom is 0.277 e. The first-order valence-corrected chi connectivity index (χ1v) is 6.44. The molecule has 0 saturated carbocycles. The van der Waals surface area contributed by atoms with Crippen molar-refractivity contribution in [3.63, 3.8) is 0 Å². The Balaban J connectivity index is 1.99. The molecule has 2 aromatic carbocycles. The average molecular weight is 267 g/mol. The Kier molecular flexibility index (Phi) is 5.09. The first-order chi connectivity index (χ1) is 9.81. The molecule has 102 valence electrons. The molecule has 0 radical (unpaired) electrons. The summed E-state index contributed by atoms with van der Waals surface area (Å²) < 4.78 is 0. The third-order valence-corrected chi connectivity index (χ3v) is 2.85. The zero-order valence-corrected chi connectivity index (χ0v) is 11.4. The van der Waals surface area contributed by atoms with Crippen LogP contribution in [0.25, 0.3) is 6.08 Å². The summed E-state index contributed by atoms with van der Waals surface area (Å²) in [6.45, 7) is 0.402. The highest BCUT2D eigenvalue weighted by molar-refractivity contribution is 5.93. The molecule has 20 heavy (non-hydrogen) atoms. The van der Waals surface area contributed by atoms with E-state index in [0.717, 1.165) is 5.56 Å². The molecular formula is C17H17NO2. The molecule has 0 bridgehead atoms. The second kappa shape index (κ2) is 7.26. The maximum atomic E-state index is 12.2. The summed E-state index contributed by atoms with van der Waals surface area (Å²) >= 11 is 0. The molecule has 2 aromatic rings. The molecule has 0 spiro atoms. The molecule has 0 aliphatic heterocycles. The van der Waals surface area contributed by atoms with E-state index in [9.17, 15) is 4.79 Å². The fraction of sp³-hybridized carbons (Fsp3) is 0.118. The van der Waals surface area contributed by atoms with Crippen LogP contribution in [0.5, 0.6) is 0 Å². The van der Waals surface area contributed by atoms with Crippen molar-refractivity contribution >= 4 is 12.0 Å². The van der Waals surface area contributed by atoms with Gasteiger partial charge in [0.1, 0.15) is 0 Å². The van der Waals surface area contributed by atoms with Gasteiger partial charge in [-0.1, -0.05) is 60.7 Å². The molecule has 1 amide bonds. The van der Waals surface area contributed by atoms with Crippen LogP contribution in [0.15, 0.2) is 66.7 Å². The van der Waals surface area contributed by atoms with Crippen LogP contribution in [0.1, 0.15) is 15.9 Å². The highest BCUT2D eigenvalue weighted by Crippen LogP contribution is 2.06. The molecule has 0 saturated heterocycles. The van der Waals surface area contributed by atoms with Gasteiger partial charge in [-0.2, -0.15) is 0 Å². The Morgan fingerprint density at radius 2 is 1.65 bits per heavy atom. The number of carbonyl (C=O) groups excluding carboxylic acids is 1. The van der Waals surface area contributed by atoms with Gasteiger partial charge < -0.3 is 0 Å². The highest BCUT2D eigenvalue weighted by Gasteiger charge is 2.13. The van der Waals surface area contributed by atoms with E-state index in [1.165, 1.54) is 12.2 Å². The molecule has 0 aliphatic carbocycles. The summed E-state index contributed by atoms with van der Waals surface area (Å²) in [5.41, 5.74) is 1.71. The van der Waals surface area contributed by atoms with Gasteiger partial charge >= 0.3 is 0 Å². The summed E-state index contributed by atoms with van der Waals surface area (Å²) in [5.74, 6) is -0.147. The topological polar surface area (TPSA) is 29.5 Å². The number of rotatable bonds is 5. The van der Waals surface area contributed by atoms with Crippen LogP contribution in [0.3, 0.4) is 0 Å². The molecule has 0 heterocycles. The predicted octanol–water partition coefficient (Wildman–Crippen LogP) is 3.40. The summed E-state index contributed by atoms with van der Waals surface area (Å²) in [6, 6.07) is 19.0. The molecule has 0 N–H and O–H groups in total. The average Bonchev–Trinajstić information content (AvgIpc) is 2.53. The van der Waals surface area contributed by atoms with E-state index in [1.54, 1.807) is 12.1 Å². The van der Waals surface area contributed by atoms with Gasteiger partial charge in [-0.3, -0.25) is 9.63 Å². The lowest BCUT2D eigenvalue weighted by Crippen LogP contribution is -2.30. The van der Waals surface area contributed by atoms with Crippen molar-refractivity contribution in [2.24, 2.45) is 0 Å². The third kappa shape index (κ3) is 3.80. The smallest absolute Gasteiger partial charge is 0.274 e. The minimum atomic E-state index is -0.147. The van der Waals surface area contributed by atoms with Gasteiger partial charge in [-0.15, -0.1) is 0 Å². The largest absolute Gasteiger partial charge is 0.277 e. The molecule has 3 nitrogen and oxygen atoms in total. The molecule has 0 aromatic heterocycles. The molecule has 2 rings (SSSR count). The molecule has 0 unspecified atom stereocenters. The second-order valence-corrected chi connectivity index (χ2v) is 4.23. The van der Waals surface area contributed by atoms with E-state index in [1.807, 2.05) is 60.7 Å². The van der Waals surface area contributed by atoms with Gasteiger partial charge in [0.2, 0.25) is 0 Å². The van der Waals surface area contributed by atoms with Gasteiger partial charge in [0.15, 0.2) is 0 Å². The summed E-state index contributed by atoms with van der Waals surface area (Å²) in [7, 11) is 1.50. The summed E-state index contributed by atoms with van der Waals surface area (Å²) in [5, 5.41) is 1.33. The van der Waals surface area contributed by atoms with Crippen LogP contribution in [0, 0.1) is 0 Å². The quantitative estimate of drug-likeness (QED) is 0.777. The summed E-state index contributed by atoms with van der Waals surface area (Å²) in [4.78, 5) is 17.3. The van der Waals surface area contributed by atoms with Gasteiger partial charge in [-0.05, 0) is 17.7 Å². The van der Waals surface area contributed by atoms with Crippen molar-refractivity contribution < 1.29 is 9.63 Å². The molecule has 0 aliphatic rings. The first-order valence-electron chi connectivity index (χ1n) is 6.44. The van der Waals surface area contributed by atoms with Gasteiger partial charge in [-0.25, -0.2) is 5.06 Å². The standard InChI is InChI=1S/C17H17NO2/c1-20-18(17(19)16-12-6-3-7-13-16)14-8-11-15-9-4-2-5-10-15/h2-13H,14H2,1H3. The van der Waals surface area contributed by atoms with E-state index in [2.05, 4.69) is 0 Å². The SMILES string of the molecule is CON(CC=Cc1ccccc1)C(=O)c1ccccc1. The van der Waals surface area contributed by atoms with Crippen LogP contribution >= 0.6 is 0 Å². The van der Waals surface area contributed by atoms with Crippen LogP contribution in [-0.2, 0) is 4.84 Å². The van der Waals surface area contributed by atoms with E-state index >= 15 is 0 Å². The Hall–Kier alpha value is -2.39. The zero-order chi connectivity index (χ0) is 14.2. The van der Waals surface area contributed by atoms with Crippen molar-refractivity contribution in [3.8, 4) is 0 Å².